The van der Waals surface area contributed by atoms with Crippen LogP contribution < -0.4 is 10.1 Å². The summed E-state index contributed by atoms with van der Waals surface area (Å²) in [6, 6.07) is 15.8. The Morgan fingerprint density at radius 2 is 1.91 bits per heavy atom. The standard InChI is InChI=1S/C28H27N5O2/c1-3-19(2)33-14-4-5-22(18-33)32-28-21(17-29)15-23(34)16-26(28)27(30)20-6-8-24(9-7-20)35-25-10-12-31-13-11-25/h3,6-13,15-16,22,30,32,34H,1-2,4-5,14,18H2. The molecule has 2 aromatic carbocycles. The molecule has 0 saturated carbocycles. The minimum Gasteiger partial charge on any atom is -0.508 e. The first-order chi connectivity index (χ1) is 17.0. The predicted molar refractivity (Wildman–Crippen MR) is 137 cm³/mol. The van der Waals surface area contributed by atoms with Crippen LogP contribution in [0.15, 0.2) is 85.9 Å². The fraction of sp³-hybridized carbons (Fsp3) is 0.179. The smallest absolute Gasteiger partial charge is 0.130 e. The van der Waals surface area contributed by atoms with Crippen LogP contribution in [-0.4, -0.2) is 39.8 Å². The summed E-state index contributed by atoms with van der Waals surface area (Å²) in [4.78, 5) is 6.14. The quantitative estimate of drug-likeness (QED) is 0.232. The van der Waals surface area contributed by atoms with E-state index in [-0.39, 0.29) is 17.5 Å². The third-order valence-electron chi connectivity index (χ3n) is 5.95. The zero-order valence-corrected chi connectivity index (χ0v) is 19.4. The van der Waals surface area contributed by atoms with E-state index in [1.807, 2.05) is 0 Å². The Morgan fingerprint density at radius 3 is 2.60 bits per heavy atom. The molecule has 7 heteroatoms. The average Bonchev–Trinajstić information content (AvgIpc) is 2.89. The van der Waals surface area contributed by atoms with E-state index < -0.39 is 0 Å². The van der Waals surface area contributed by atoms with Crippen molar-refractivity contribution in [3.8, 4) is 23.3 Å². The Labute approximate surface area is 205 Å². The van der Waals surface area contributed by atoms with Gasteiger partial charge in [-0.3, -0.25) is 10.4 Å². The third kappa shape index (κ3) is 5.50. The summed E-state index contributed by atoms with van der Waals surface area (Å²) < 4.78 is 5.81. The lowest BCUT2D eigenvalue weighted by molar-refractivity contribution is 0.277. The third-order valence-corrected chi connectivity index (χ3v) is 5.95. The Bertz CT molecular complexity index is 1280. The number of aromatic nitrogens is 1. The Balaban J connectivity index is 1.60. The van der Waals surface area contributed by atoms with Crippen molar-refractivity contribution in [3.05, 3.63) is 103 Å². The van der Waals surface area contributed by atoms with Gasteiger partial charge in [0.05, 0.1) is 17.0 Å². The van der Waals surface area contributed by atoms with Crippen molar-refractivity contribution in [2.75, 3.05) is 18.4 Å². The van der Waals surface area contributed by atoms with Crippen molar-refractivity contribution in [2.24, 2.45) is 0 Å². The highest BCUT2D eigenvalue weighted by atomic mass is 16.5. The molecule has 4 rings (SSSR count). The molecule has 0 amide bonds. The molecule has 1 fully saturated rings. The van der Waals surface area contributed by atoms with Crippen LogP contribution in [0.1, 0.15) is 29.5 Å². The van der Waals surface area contributed by atoms with Crippen molar-refractivity contribution < 1.29 is 9.84 Å². The summed E-state index contributed by atoms with van der Waals surface area (Å²) in [5.41, 5.74) is 2.99. The maximum Gasteiger partial charge on any atom is 0.130 e. The molecule has 3 N–H and O–H groups in total. The van der Waals surface area contributed by atoms with Gasteiger partial charge in [0.2, 0.25) is 0 Å². The SMILES string of the molecule is C=CC(=C)N1CCCC(Nc2c(C#N)cc(O)cc2C(=N)c2ccc(Oc3ccncc3)cc2)C1. The van der Waals surface area contributed by atoms with E-state index in [4.69, 9.17) is 10.1 Å². The van der Waals surface area contributed by atoms with Crippen molar-refractivity contribution in [2.45, 2.75) is 18.9 Å². The van der Waals surface area contributed by atoms with Crippen molar-refractivity contribution in [3.63, 3.8) is 0 Å². The lowest BCUT2D eigenvalue weighted by Crippen LogP contribution is -2.41. The molecule has 2 heterocycles. The number of piperidine rings is 1. The number of likely N-dealkylation sites (tertiary alicyclic amines) is 1. The fourth-order valence-electron chi connectivity index (χ4n) is 4.14. The summed E-state index contributed by atoms with van der Waals surface area (Å²) in [5, 5.41) is 32.4. The molecule has 0 bridgehead atoms. The Hall–Kier alpha value is -4.57. The number of hydrogen-bond acceptors (Lipinski definition) is 7. The van der Waals surface area contributed by atoms with Crippen LogP contribution in [-0.2, 0) is 0 Å². The van der Waals surface area contributed by atoms with E-state index in [2.05, 4.69) is 34.4 Å². The highest BCUT2D eigenvalue weighted by Crippen LogP contribution is 2.31. The lowest BCUT2D eigenvalue weighted by atomic mass is 9.96. The molecular formula is C28H27N5O2. The van der Waals surface area contributed by atoms with E-state index >= 15 is 0 Å². The summed E-state index contributed by atoms with van der Waals surface area (Å²) in [5.74, 6) is 1.24. The molecule has 0 aliphatic carbocycles. The number of nitrogens with zero attached hydrogens (tertiary/aromatic N) is 3. The topological polar surface area (TPSA) is 105 Å². The number of phenolic OH excluding ortho intramolecular Hbond substituents is 1. The molecule has 3 aromatic rings. The highest BCUT2D eigenvalue weighted by Gasteiger charge is 2.23. The van der Waals surface area contributed by atoms with Gasteiger partial charge in [-0.1, -0.05) is 13.2 Å². The van der Waals surface area contributed by atoms with Crippen LogP contribution in [0.5, 0.6) is 17.2 Å². The summed E-state index contributed by atoms with van der Waals surface area (Å²) in [6.45, 7) is 9.48. The Morgan fingerprint density at radius 1 is 1.20 bits per heavy atom. The zero-order chi connectivity index (χ0) is 24.8. The second-order valence-electron chi connectivity index (χ2n) is 8.34. The molecule has 1 atom stereocenters. The number of phenols is 1. The number of allylic oxidation sites excluding steroid dienone is 1. The number of nitriles is 1. The van der Waals surface area contributed by atoms with Crippen LogP contribution in [0.25, 0.3) is 0 Å². The van der Waals surface area contributed by atoms with Crippen LogP contribution in [0.2, 0.25) is 0 Å². The number of pyridine rings is 1. The molecule has 7 nitrogen and oxygen atoms in total. The fourth-order valence-corrected chi connectivity index (χ4v) is 4.14. The van der Waals surface area contributed by atoms with E-state index in [9.17, 15) is 10.4 Å². The van der Waals surface area contributed by atoms with Crippen molar-refractivity contribution >= 4 is 11.4 Å². The molecule has 1 aromatic heterocycles. The van der Waals surface area contributed by atoms with Crippen LogP contribution in [0, 0.1) is 16.7 Å². The first-order valence-corrected chi connectivity index (χ1v) is 11.4. The molecule has 1 aliphatic rings. The molecule has 1 unspecified atom stereocenters. The first kappa shape index (κ1) is 23.6. The largest absolute Gasteiger partial charge is 0.508 e. The minimum absolute atomic E-state index is 0.0554. The molecule has 176 valence electrons. The molecule has 0 radical (unpaired) electrons. The van der Waals surface area contributed by atoms with E-state index in [1.165, 1.54) is 12.1 Å². The van der Waals surface area contributed by atoms with Gasteiger partial charge in [0.15, 0.2) is 0 Å². The maximum absolute atomic E-state index is 10.3. The number of nitrogens with one attached hydrogen (secondary N) is 2. The number of hydrogen-bond donors (Lipinski definition) is 3. The van der Waals surface area contributed by atoms with Gasteiger partial charge in [0.25, 0.3) is 0 Å². The van der Waals surface area contributed by atoms with Gasteiger partial charge in [-0.25, -0.2) is 0 Å². The summed E-state index contributed by atoms with van der Waals surface area (Å²) >= 11 is 0. The minimum atomic E-state index is -0.0604. The number of aromatic hydroxyl groups is 1. The van der Waals surface area contributed by atoms with E-state index in [1.54, 1.807) is 54.9 Å². The van der Waals surface area contributed by atoms with Gasteiger partial charge in [-0.05, 0) is 67.4 Å². The lowest BCUT2D eigenvalue weighted by Gasteiger charge is -2.36. The molecule has 35 heavy (non-hydrogen) atoms. The van der Waals surface area contributed by atoms with Crippen LogP contribution in [0.3, 0.4) is 0 Å². The monoisotopic (exact) mass is 465 g/mol. The van der Waals surface area contributed by atoms with Crippen molar-refractivity contribution in [1.82, 2.24) is 9.88 Å². The first-order valence-electron chi connectivity index (χ1n) is 11.4. The highest BCUT2D eigenvalue weighted by molar-refractivity contribution is 6.15. The van der Waals surface area contributed by atoms with Crippen LogP contribution in [0.4, 0.5) is 5.69 Å². The Kier molecular flexibility index (Phi) is 7.12. The number of rotatable bonds is 8. The zero-order valence-electron chi connectivity index (χ0n) is 19.4. The summed E-state index contributed by atoms with van der Waals surface area (Å²) in [7, 11) is 0. The number of anilines is 1. The van der Waals surface area contributed by atoms with Crippen molar-refractivity contribution in [1.29, 1.82) is 10.7 Å². The number of benzene rings is 2. The van der Waals surface area contributed by atoms with Gasteiger partial charge in [-0.2, -0.15) is 5.26 Å². The van der Waals surface area contributed by atoms with E-state index in [0.717, 1.165) is 25.1 Å². The van der Waals surface area contributed by atoms with Gasteiger partial charge in [0.1, 0.15) is 23.3 Å². The molecule has 1 aliphatic heterocycles. The molecule has 0 spiro atoms. The molecular weight excluding hydrogens is 438 g/mol. The van der Waals surface area contributed by atoms with Crippen LogP contribution >= 0.6 is 0 Å². The predicted octanol–water partition coefficient (Wildman–Crippen LogP) is 5.44. The normalized spacial score (nSPS) is 15.1. The second-order valence-corrected chi connectivity index (χ2v) is 8.34. The number of ether oxygens (including phenoxy) is 1. The van der Waals surface area contributed by atoms with Gasteiger partial charge in [-0.15, -0.1) is 0 Å². The van der Waals surface area contributed by atoms with Gasteiger partial charge in [0, 0.05) is 48.3 Å². The summed E-state index contributed by atoms with van der Waals surface area (Å²) in [6.07, 6.45) is 6.94. The van der Waals surface area contributed by atoms with E-state index in [0.29, 0.717) is 40.4 Å². The average molecular weight is 466 g/mol. The maximum atomic E-state index is 10.3. The van der Waals surface area contributed by atoms with Gasteiger partial charge >= 0.3 is 0 Å². The van der Waals surface area contributed by atoms with Gasteiger partial charge < -0.3 is 20.1 Å². The second kappa shape index (κ2) is 10.6. The molecule has 1 saturated heterocycles.